The molecule has 0 spiro atoms. The van der Waals surface area contributed by atoms with Gasteiger partial charge in [-0.2, -0.15) is 0 Å². The van der Waals surface area contributed by atoms with Crippen molar-refractivity contribution in [3.05, 3.63) is 41.8 Å². The fourth-order valence-corrected chi connectivity index (χ4v) is 4.12. The number of benzene rings is 1. The highest BCUT2D eigenvalue weighted by Crippen LogP contribution is 2.27. The third-order valence-corrected chi connectivity index (χ3v) is 6.13. The first-order valence-corrected chi connectivity index (χ1v) is 9.86. The lowest BCUT2D eigenvalue weighted by atomic mass is 10.2. The topological polar surface area (TPSA) is 66.7 Å². The Bertz CT molecular complexity index is 793. The largest absolute Gasteiger partial charge is 0.368 e. The molecule has 0 aliphatic carbocycles. The Morgan fingerprint density at radius 2 is 1.88 bits per heavy atom. The molecule has 1 aromatic carbocycles. The van der Waals surface area contributed by atoms with Gasteiger partial charge >= 0.3 is 0 Å². The summed E-state index contributed by atoms with van der Waals surface area (Å²) in [6.07, 6.45) is 0. The molecule has 1 aromatic heterocycles. The summed E-state index contributed by atoms with van der Waals surface area (Å²) in [5, 5.41) is 4.03. The maximum absolute atomic E-state index is 12.3. The van der Waals surface area contributed by atoms with Crippen LogP contribution in [0.3, 0.4) is 0 Å². The zero-order chi connectivity index (χ0) is 17.2. The van der Waals surface area contributed by atoms with Crippen molar-refractivity contribution in [2.24, 2.45) is 0 Å². The second-order valence-corrected chi connectivity index (χ2v) is 8.31. The van der Waals surface area contributed by atoms with E-state index in [4.69, 9.17) is 4.52 Å². The van der Waals surface area contributed by atoms with Crippen LogP contribution in [0.15, 0.2) is 39.8 Å². The van der Waals surface area contributed by atoms with Crippen LogP contribution in [-0.2, 0) is 16.4 Å². The number of sulfone groups is 1. The fraction of sp³-hybridized carbons (Fsp3) is 0.471. The van der Waals surface area contributed by atoms with Crippen molar-refractivity contribution < 1.29 is 12.9 Å². The highest BCUT2D eigenvalue weighted by atomic mass is 32.2. The Morgan fingerprint density at radius 3 is 2.50 bits per heavy atom. The summed E-state index contributed by atoms with van der Waals surface area (Å²) in [6.45, 7) is 7.67. The standard InChI is InChI=1S/C17H23N3O3S/c1-3-24(21,22)17-7-5-4-6-16(17)20-10-8-19(9-11-20)13-15-12-14(2)23-18-15/h4-7,12H,3,8-11,13H2,1-2H3. The molecule has 0 unspecified atom stereocenters. The molecular formula is C17H23N3O3S. The number of nitrogens with zero attached hydrogens (tertiary/aromatic N) is 3. The Balaban J connectivity index is 1.69. The van der Waals surface area contributed by atoms with Crippen LogP contribution in [0.4, 0.5) is 5.69 Å². The monoisotopic (exact) mass is 349 g/mol. The van der Waals surface area contributed by atoms with E-state index in [9.17, 15) is 8.42 Å². The molecule has 0 bridgehead atoms. The van der Waals surface area contributed by atoms with Gasteiger partial charge in [0, 0.05) is 38.8 Å². The van der Waals surface area contributed by atoms with Crippen LogP contribution in [0.25, 0.3) is 0 Å². The molecular weight excluding hydrogens is 326 g/mol. The minimum Gasteiger partial charge on any atom is -0.368 e. The summed E-state index contributed by atoms with van der Waals surface area (Å²) in [5.74, 6) is 0.942. The van der Waals surface area contributed by atoms with Gasteiger partial charge in [0.05, 0.1) is 22.0 Å². The minimum atomic E-state index is -3.22. The van der Waals surface area contributed by atoms with E-state index < -0.39 is 9.84 Å². The fourth-order valence-electron chi connectivity index (χ4n) is 3.01. The van der Waals surface area contributed by atoms with E-state index in [2.05, 4.69) is 15.0 Å². The van der Waals surface area contributed by atoms with Gasteiger partial charge in [-0.05, 0) is 19.1 Å². The number of aromatic nitrogens is 1. The Kier molecular flexibility index (Phi) is 4.91. The number of rotatable bonds is 5. The SMILES string of the molecule is CCS(=O)(=O)c1ccccc1N1CCN(Cc2cc(C)on2)CC1. The van der Waals surface area contributed by atoms with Gasteiger partial charge in [0.2, 0.25) is 0 Å². The molecule has 0 amide bonds. The molecule has 0 radical (unpaired) electrons. The van der Waals surface area contributed by atoms with E-state index in [1.807, 2.05) is 25.1 Å². The first-order chi connectivity index (χ1) is 11.5. The first-order valence-electron chi connectivity index (χ1n) is 8.21. The van der Waals surface area contributed by atoms with Crippen LogP contribution >= 0.6 is 0 Å². The van der Waals surface area contributed by atoms with Gasteiger partial charge in [0.15, 0.2) is 9.84 Å². The maximum Gasteiger partial charge on any atom is 0.180 e. The van der Waals surface area contributed by atoms with Gasteiger partial charge in [-0.3, -0.25) is 4.90 Å². The molecule has 0 atom stereocenters. The van der Waals surface area contributed by atoms with Crippen LogP contribution in [0, 0.1) is 6.92 Å². The molecule has 7 heteroatoms. The average Bonchev–Trinajstić information content (AvgIpc) is 3.00. The van der Waals surface area contributed by atoms with Crippen molar-refractivity contribution in [1.82, 2.24) is 10.1 Å². The van der Waals surface area contributed by atoms with Crippen LogP contribution in [-0.4, -0.2) is 50.4 Å². The lowest BCUT2D eigenvalue weighted by molar-refractivity contribution is 0.241. The molecule has 0 N–H and O–H groups in total. The van der Waals surface area contributed by atoms with Crippen molar-refractivity contribution >= 4 is 15.5 Å². The summed E-state index contributed by atoms with van der Waals surface area (Å²) in [6, 6.07) is 9.25. The zero-order valence-corrected chi connectivity index (χ0v) is 14.9. The van der Waals surface area contributed by atoms with Crippen LogP contribution < -0.4 is 4.90 Å². The number of aryl methyl sites for hydroxylation is 1. The molecule has 0 saturated carbocycles. The Hall–Kier alpha value is -1.86. The highest BCUT2D eigenvalue weighted by molar-refractivity contribution is 7.91. The summed E-state index contributed by atoms with van der Waals surface area (Å²) in [7, 11) is -3.22. The third kappa shape index (κ3) is 3.62. The molecule has 1 aliphatic rings. The smallest absolute Gasteiger partial charge is 0.180 e. The summed E-state index contributed by atoms with van der Waals surface area (Å²) < 4.78 is 29.7. The van der Waals surface area contributed by atoms with Gasteiger partial charge in [0.1, 0.15) is 5.76 Å². The van der Waals surface area contributed by atoms with Crippen molar-refractivity contribution in [1.29, 1.82) is 0 Å². The Labute approximate surface area is 143 Å². The van der Waals surface area contributed by atoms with E-state index in [1.54, 1.807) is 19.1 Å². The highest BCUT2D eigenvalue weighted by Gasteiger charge is 2.23. The van der Waals surface area contributed by atoms with E-state index in [1.165, 1.54) is 0 Å². The number of para-hydroxylation sites is 1. The van der Waals surface area contributed by atoms with E-state index >= 15 is 0 Å². The maximum atomic E-state index is 12.3. The van der Waals surface area contributed by atoms with Crippen molar-refractivity contribution in [3.8, 4) is 0 Å². The van der Waals surface area contributed by atoms with Crippen LogP contribution in [0.1, 0.15) is 18.4 Å². The van der Waals surface area contributed by atoms with Crippen LogP contribution in [0.2, 0.25) is 0 Å². The molecule has 2 aromatic rings. The first kappa shape index (κ1) is 17.0. The van der Waals surface area contributed by atoms with E-state index in [0.29, 0.717) is 4.90 Å². The summed E-state index contributed by atoms with van der Waals surface area (Å²) in [4.78, 5) is 4.91. The second-order valence-electron chi connectivity index (χ2n) is 6.06. The van der Waals surface area contributed by atoms with Crippen molar-refractivity contribution in [2.75, 3.05) is 36.8 Å². The lowest BCUT2D eigenvalue weighted by Gasteiger charge is -2.36. The van der Waals surface area contributed by atoms with Gasteiger partial charge in [0.25, 0.3) is 0 Å². The lowest BCUT2D eigenvalue weighted by Crippen LogP contribution is -2.46. The van der Waals surface area contributed by atoms with E-state index in [-0.39, 0.29) is 5.75 Å². The summed E-state index contributed by atoms with van der Waals surface area (Å²) in [5.41, 5.74) is 1.76. The zero-order valence-electron chi connectivity index (χ0n) is 14.1. The van der Waals surface area contributed by atoms with Crippen molar-refractivity contribution in [2.45, 2.75) is 25.3 Å². The van der Waals surface area contributed by atoms with E-state index in [0.717, 1.165) is 49.9 Å². The number of piperazine rings is 1. The molecule has 130 valence electrons. The van der Waals surface area contributed by atoms with Crippen molar-refractivity contribution in [3.63, 3.8) is 0 Å². The summed E-state index contributed by atoms with van der Waals surface area (Å²) >= 11 is 0. The van der Waals surface area contributed by atoms with Gasteiger partial charge in [-0.1, -0.05) is 24.2 Å². The quantitative estimate of drug-likeness (QED) is 0.823. The minimum absolute atomic E-state index is 0.121. The van der Waals surface area contributed by atoms with Gasteiger partial charge in [-0.25, -0.2) is 8.42 Å². The van der Waals surface area contributed by atoms with Gasteiger partial charge in [-0.15, -0.1) is 0 Å². The predicted molar refractivity (Wildman–Crippen MR) is 92.9 cm³/mol. The Morgan fingerprint density at radius 1 is 1.17 bits per heavy atom. The predicted octanol–water partition coefficient (Wildman–Crippen LogP) is 2.10. The number of hydrogen-bond acceptors (Lipinski definition) is 6. The molecule has 1 fully saturated rings. The average molecular weight is 349 g/mol. The molecule has 1 saturated heterocycles. The molecule has 2 heterocycles. The van der Waals surface area contributed by atoms with Crippen LogP contribution in [0.5, 0.6) is 0 Å². The number of hydrogen-bond donors (Lipinski definition) is 0. The molecule has 6 nitrogen and oxygen atoms in total. The molecule has 24 heavy (non-hydrogen) atoms. The second kappa shape index (κ2) is 6.94. The third-order valence-electron chi connectivity index (χ3n) is 4.36. The number of anilines is 1. The normalized spacial score (nSPS) is 16.5. The molecule has 1 aliphatic heterocycles. The molecule has 3 rings (SSSR count). The van der Waals surface area contributed by atoms with Gasteiger partial charge < -0.3 is 9.42 Å².